The number of imide groups is 1. The number of rotatable bonds is 6. The van der Waals surface area contributed by atoms with Crippen molar-refractivity contribution in [2.45, 2.75) is 32.4 Å². The second kappa shape index (κ2) is 7.30. The van der Waals surface area contributed by atoms with Gasteiger partial charge in [-0.2, -0.15) is 0 Å². The van der Waals surface area contributed by atoms with Crippen molar-refractivity contribution in [2.75, 3.05) is 13.7 Å². The normalized spacial score (nSPS) is 21.0. The number of hydrogen-bond donors (Lipinski definition) is 2. The van der Waals surface area contributed by atoms with E-state index in [-0.39, 0.29) is 11.9 Å². The smallest absolute Gasteiger partial charge is 0.319 e. The first-order chi connectivity index (χ1) is 12.5. The molecular formula is C21H26N3O2+. The van der Waals surface area contributed by atoms with Gasteiger partial charge in [0, 0.05) is 5.56 Å². The third-order valence-corrected chi connectivity index (χ3v) is 5.15. The van der Waals surface area contributed by atoms with Crippen LogP contribution in [-0.2, 0) is 16.9 Å². The topological polar surface area (TPSA) is 53.9 Å². The summed E-state index contributed by atoms with van der Waals surface area (Å²) in [6, 6.07) is 17.4. The summed E-state index contributed by atoms with van der Waals surface area (Å²) in [6.07, 6.45) is 0.523. The van der Waals surface area contributed by atoms with Crippen LogP contribution in [0.15, 0.2) is 54.6 Å². The highest BCUT2D eigenvalue weighted by atomic mass is 16.2. The van der Waals surface area contributed by atoms with Crippen molar-refractivity contribution in [3.63, 3.8) is 0 Å². The zero-order valence-electron chi connectivity index (χ0n) is 15.6. The molecule has 0 spiro atoms. The Balaban J connectivity index is 1.78. The Bertz CT molecular complexity index is 806. The predicted octanol–water partition coefficient (Wildman–Crippen LogP) is 1.82. The second-order valence-electron chi connectivity index (χ2n) is 7.01. The van der Waals surface area contributed by atoms with Gasteiger partial charge >= 0.3 is 6.03 Å². The van der Waals surface area contributed by atoms with Crippen molar-refractivity contribution >= 4 is 11.9 Å². The van der Waals surface area contributed by atoms with Crippen LogP contribution in [0.5, 0.6) is 0 Å². The van der Waals surface area contributed by atoms with E-state index in [0.29, 0.717) is 13.1 Å². The minimum Gasteiger partial charge on any atom is -0.319 e. The van der Waals surface area contributed by atoms with E-state index in [2.05, 4.69) is 24.4 Å². The summed E-state index contributed by atoms with van der Waals surface area (Å²) in [4.78, 5) is 28.2. The summed E-state index contributed by atoms with van der Waals surface area (Å²) >= 11 is 0. The standard InChI is InChI=1S/C21H25N3O2/c1-4-21(18-12-6-5-7-13-18)19(25)24(20(26)22-21)15-23(3)14-17-11-9-8-10-16(17)2/h5-13H,4,14-15H2,1-3H3,(H,22,26)/p+1/t21-/m1/s1. The second-order valence-corrected chi connectivity index (χ2v) is 7.01. The highest BCUT2D eigenvalue weighted by Gasteiger charge is 2.52. The number of carbonyl (C=O) groups is 2. The van der Waals surface area contributed by atoms with Crippen LogP contribution in [0.1, 0.15) is 30.0 Å². The van der Waals surface area contributed by atoms with Gasteiger partial charge in [-0.15, -0.1) is 0 Å². The summed E-state index contributed by atoms with van der Waals surface area (Å²) in [7, 11) is 2.00. The lowest BCUT2D eigenvalue weighted by atomic mass is 9.87. The number of nitrogens with zero attached hydrogens (tertiary/aromatic N) is 1. The molecule has 1 saturated heterocycles. The van der Waals surface area contributed by atoms with E-state index < -0.39 is 5.54 Å². The van der Waals surface area contributed by atoms with Crippen LogP contribution in [-0.4, -0.2) is 30.6 Å². The van der Waals surface area contributed by atoms with E-state index in [1.54, 1.807) is 0 Å². The van der Waals surface area contributed by atoms with Gasteiger partial charge in [0.2, 0.25) is 0 Å². The van der Waals surface area contributed by atoms with Crippen molar-refractivity contribution in [3.8, 4) is 0 Å². The average molecular weight is 352 g/mol. The molecule has 26 heavy (non-hydrogen) atoms. The average Bonchev–Trinajstić information content (AvgIpc) is 2.89. The van der Waals surface area contributed by atoms with Crippen LogP contribution in [0.2, 0.25) is 0 Å². The van der Waals surface area contributed by atoms with Crippen LogP contribution in [0.25, 0.3) is 0 Å². The van der Waals surface area contributed by atoms with Gasteiger partial charge in [-0.05, 0) is 24.5 Å². The number of amides is 3. The van der Waals surface area contributed by atoms with Gasteiger partial charge in [-0.3, -0.25) is 4.79 Å². The maximum absolute atomic E-state index is 13.2. The summed E-state index contributed by atoms with van der Waals surface area (Å²) < 4.78 is 0. The lowest BCUT2D eigenvalue weighted by molar-refractivity contribution is -0.901. The Hall–Kier alpha value is -2.66. The maximum atomic E-state index is 13.2. The summed E-state index contributed by atoms with van der Waals surface area (Å²) in [5, 5.41) is 2.94. The first-order valence-electron chi connectivity index (χ1n) is 9.03. The summed E-state index contributed by atoms with van der Waals surface area (Å²) in [6.45, 7) is 5.11. The molecule has 2 N–H and O–H groups in total. The van der Waals surface area contributed by atoms with E-state index >= 15 is 0 Å². The molecule has 1 fully saturated rings. The fourth-order valence-electron chi connectivity index (χ4n) is 3.59. The number of urea groups is 1. The molecule has 1 unspecified atom stereocenters. The highest BCUT2D eigenvalue weighted by Crippen LogP contribution is 2.31. The first-order valence-corrected chi connectivity index (χ1v) is 9.03. The van der Waals surface area contributed by atoms with E-state index in [0.717, 1.165) is 17.0 Å². The minimum absolute atomic E-state index is 0.166. The van der Waals surface area contributed by atoms with Crippen molar-refractivity contribution in [2.24, 2.45) is 0 Å². The Labute approximate surface area is 154 Å². The number of aryl methyl sites for hydroxylation is 1. The van der Waals surface area contributed by atoms with Crippen LogP contribution < -0.4 is 10.2 Å². The van der Waals surface area contributed by atoms with Gasteiger partial charge in [0.05, 0.1) is 7.05 Å². The number of benzene rings is 2. The molecule has 1 aliphatic rings. The van der Waals surface area contributed by atoms with E-state index in [4.69, 9.17) is 0 Å². The zero-order chi connectivity index (χ0) is 18.7. The molecule has 2 aromatic rings. The van der Waals surface area contributed by atoms with Crippen molar-refractivity contribution in [1.82, 2.24) is 10.2 Å². The molecule has 1 aliphatic heterocycles. The van der Waals surface area contributed by atoms with Crippen molar-refractivity contribution in [3.05, 3.63) is 71.3 Å². The number of nitrogens with one attached hydrogen (secondary N) is 2. The molecule has 2 aromatic carbocycles. The van der Waals surface area contributed by atoms with Crippen LogP contribution in [0, 0.1) is 6.92 Å². The molecule has 5 nitrogen and oxygen atoms in total. The predicted molar refractivity (Wildman–Crippen MR) is 100 cm³/mol. The van der Waals surface area contributed by atoms with Crippen LogP contribution >= 0.6 is 0 Å². The molecule has 0 saturated carbocycles. The van der Waals surface area contributed by atoms with Crippen LogP contribution in [0.4, 0.5) is 4.79 Å². The quantitative estimate of drug-likeness (QED) is 0.780. The first kappa shape index (κ1) is 18.1. The fraction of sp³-hybridized carbons (Fsp3) is 0.333. The summed E-state index contributed by atoms with van der Waals surface area (Å²) in [5.74, 6) is -0.166. The van der Waals surface area contributed by atoms with E-state index in [1.807, 2.05) is 56.4 Å². The molecule has 0 aromatic heterocycles. The number of hydrogen-bond acceptors (Lipinski definition) is 2. The van der Waals surface area contributed by atoms with Crippen LogP contribution in [0.3, 0.4) is 0 Å². The van der Waals surface area contributed by atoms with Gasteiger partial charge in [-0.25, -0.2) is 9.69 Å². The molecule has 3 rings (SSSR count). The molecule has 1 heterocycles. The molecule has 0 radical (unpaired) electrons. The molecular weight excluding hydrogens is 326 g/mol. The van der Waals surface area contributed by atoms with Gasteiger partial charge < -0.3 is 10.2 Å². The Morgan fingerprint density at radius 2 is 1.69 bits per heavy atom. The van der Waals surface area contributed by atoms with Gasteiger partial charge in [0.15, 0.2) is 6.67 Å². The molecule has 0 aliphatic carbocycles. The Kier molecular flexibility index (Phi) is 5.09. The fourth-order valence-corrected chi connectivity index (χ4v) is 3.59. The monoisotopic (exact) mass is 352 g/mol. The van der Waals surface area contributed by atoms with E-state index in [1.165, 1.54) is 16.0 Å². The lowest BCUT2D eigenvalue weighted by Gasteiger charge is -2.26. The largest absolute Gasteiger partial charge is 0.329 e. The zero-order valence-corrected chi connectivity index (χ0v) is 15.6. The van der Waals surface area contributed by atoms with Gasteiger partial charge in [-0.1, -0.05) is 61.5 Å². The third kappa shape index (κ3) is 3.22. The Morgan fingerprint density at radius 1 is 1.04 bits per heavy atom. The third-order valence-electron chi connectivity index (χ3n) is 5.15. The van der Waals surface area contributed by atoms with Crippen molar-refractivity contribution in [1.29, 1.82) is 0 Å². The lowest BCUT2D eigenvalue weighted by Crippen LogP contribution is -3.09. The molecule has 136 valence electrons. The van der Waals surface area contributed by atoms with Gasteiger partial charge in [0.25, 0.3) is 5.91 Å². The minimum atomic E-state index is -0.957. The molecule has 5 heteroatoms. The summed E-state index contributed by atoms with van der Waals surface area (Å²) in [5.41, 5.74) is 2.32. The van der Waals surface area contributed by atoms with Crippen molar-refractivity contribution < 1.29 is 14.5 Å². The molecule has 3 amide bonds. The highest BCUT2D eigenvalue weighted by molar-refractivity contribution is 6.07. The molecule has 0 bridgehead atoms. The SMILES string of the molecule is CC[C@]1(c2ccccc2)NC(=O)N(C[NH+](C)Cc2ccccc2C)C1=O. The number of carbonyl (C=O) groups excluding carboxylic acids is 2. The van der Waals surface area contributed by atoms with Gasteiger partial charge in [0.1, 0.15) is 12.1 Å². The van der Waals surface area contributed by atoms with E-state index in [9.17, 15) is 9.59 Å². The maximum Gasteiger partial charge on any atom is 0.329 e. The molecule has 2 atom stereocenters. The Morgan fingerprint density at radius 3 is 2.35 bits per heavy atom. The number of quaternary nitrogens is 1.